The zero-order valence-electron chi connectivity index (χ0n) is 14.0. The Bertz CT molecular complexity index is 1090. The Labute approximate surface area is 155 Å². The first kappa shape index (κ1) is 18.3. The van der Waals surface area contributed by atoms with E-state index >= 15 is 0 Å². The number of nitrogens with two attached hydrogens (primary N) is 2. The van der Waals surface area contributed by atoms with Crippen molar-refractivity contribution >= 4 is 28.0 Å². The number of nitrogens with one attached hydrogen (secondary N) is 1. The molecule has 9 nitrogen and oxygen atoms in total. The lowest BCUT2D eigenvalue weighted by molar-refractivity contribution is 0.0956. The molecule has 0 aliphatic rings. The normalized spacial score (nSPS) is 11.6. The van der Waals surface area contributed by atoms with E-state index in [1.165, 1.54) is 41.4 Å². The molecule has 1 aromatic heterocycles. The molecule has 0 atom stereocenters. The van der Waals surface area contributed by atoms with Gasteiger partial charge in [-0.05, 0) is 29.8 Å². The molecule has 0 aliphatic carbocycles. The second kappa shape index (κ2) is 7.40. The number of amides is 1. The minimum Gasteiger partial charge on any atom is -0.383 e. The first-order valence-electron chi connectivity index (χ1n) is 7.71. The summed E-state index contributed by atoms with van der Waals surface area (Å²) >= 11 is 0. The van der Waals surface area contributed by atoms with Gasteiger partial charge < -0.3 is 5.73 Å². The highest BCUT2D eigenvalue weighted by atomic mass is 32.2. The van der Waals surface area contributed by atoms with Gasteiger partial charge in [-0.3, -0.25) is 4.79 Å². The number of hydrazone groups is 1. The summed E-state index contributed by atoms with van der Waals surface area (Å²) in [5.74, 6) is -0.433. The standard InChI is InChI=1S/C17H16N6O3S/c18-16-15(17(24)22-20-10-12-4-2-1-3-5-12)11-21-23(16)13-6-8-14(9-7-13)27(19,25)26/h1-11H,18H2,(H,22,24)(H2,19,25,26)/b20-10+. The molecule has 0 saturated carbocycles. The molecule has 1 amide bonds. The van der Waals surface area contributed by atoms with Crippen LogP contribution in [0.4, 0.5) is 5.82 Å². The number of primary sulfonamides is 1. The Morgan fingerprint density at radius 3 is 2.41 bits per heavy atom. The minimum absolute atomic E-state index is 0.0369. The number of nitrogen functional groups attached to an aromatic ring is 1. The fourth-order valence-electron chi connectivity index (χ4n) is 2.28. The molecule has 5 N–H and O–H groups in total. The third kappa shape index (κ3) is 4.19. The predicted molar refractivity (Wildman–Crippen MR) is 101 cm³/mol. The molecule has 27 heavy (non-hydrogen) atoms. The van der Waals surface area contributed by atoms with E-state index in [1.54, 1.807) is 0 Å². The van der Waals surface area contributed by atoms with Crippen molar-refractivity contribution in [2.45, 2.75) is 4.90 Å². The molecule has 138 valence electrons. The zero-order chi connectivity index (χ0) is 19.4. The van der Waals surface area contributed by atoms with E-state index in [9.17, 15) is 13.2 Å². The van der Waals surface area contributed by atoms with Crippen LogP contribution < -0.4 is 16.3 Å². The van der Waals surface area contributed by atoms with Gasteiger partial charge in [0.1, 0.15) is 11.4 Å². The van der Waals surface area contributed by atoms with E-state index in [0.717, 1.165) is 5.56 Å². The van der Waals surface area contributed by atoms with Crippen molar-refractivity contribution < 1.29 is 13.2 Å². The van der Waals surface area contributed by atoms with E-state index in [-0.39, 0.29) is 16.3 Å². The van der Waals surface area contributed by atoms with E-state index in [2.05, 4.69) is 15.6 Å². The molecule has 0 unspecified atom stereocenters. The molecule has 0 aliphatic heterocycles. The maximum Gasteiger partial charge on any atom is 0.276 e. The maximum absolute atomic E-state index is 12.2. The number of aromatic nitrogens is 2. The number of nitrogens with zero attached hydrogens (tertiary/aromatic N) is 3. The van der Waals surface area contributed by atoms with Crippen molar-refractivity contribution in [2.24, 2.45) is 10.2 Å². The molecule has 10 heteroatoms. The van der Waals surface area contributed by atoms with Gasteiger partial charge in [-0.25, -0.2) is 23.7 Å². The molecule has 0 saturated heterocycles. The smallest absolute Gasteiger partial charge is 0.276 e. The summed E-state index contributed by atoms with van der Waals surface area (Å²) < 4.78 is 23.9. The average molecular weight is 384 g/mol. The van der Waals surface area contributed by atoms with Crippen molar-refractivity contribution in [3.8, 4) is 5.69 Å². The zero-order valence-corrected chi connectivity index (χ0v) is 14.8. The van der Waals surface area contributed by atoms with Crippen LogP contribution in [0, 0.1) is 0 Å². The van der Waals surface area contributed by atoms with Crippen molar-refractivity contribution in [1.29, 1.82) is 0 Å². The van der Waals surface area contributed by atoms with Gasteiger partial charge in [-0.2, -0.15) is 10.2 Å². The topological polar surface area (TPSA) is 145 Å². The Morgan fingerprint density at radius 2 is 1.78 bits per heavy atom. The molecule has 0 radical (unpaired) electrons. The van der Waals surface area contributed by atoms with Gasteiger partial charge in [0.05, 0.1) is 23.0 Å². The molecule has 2 aromatic carbocycles. The van der Waals surface area contributed by atoms with Gasteiger partial charge in [0.2, 0.25) is 10.0 Å². The third-order valence-corrected chi connectivity index (χ3v) is 4.57. The molecule has 0 spiro atoms. The summed E-state index contributed by atoms with van der Waals surface area (Å²) in [6.45, 7) is 0. The van der Waals surface area contributed by atoms with Crippen LogP contribution in [0.1, 0.15) is 15.9 Å². The van der Waals surface area contributed by atoms with Gasteiger partial charge in [0, 0.05) is 0 Å². The van der Waals surface area contributed by atoms with Gasteiger partial charge >= 0.3 is 0 Å². The predicted octanol–water partition coefficient (Wildman–Crippen LogP) is 0.866. The highest BCUT2D eigenvalue weighted by Gasteiger charge is 2.16. The molecule has 0 fully saturated rings. The van der Waals surface area contributed by atoms with Crippen LogP contribution in [0.15, 0.2) is 70.8 Å². The monoisotopic (exact) mass is 384 g/mol. The van der Waals surface area contributed by atoms with E-state index in [4.69, 9.17) is 10.9 Å². The Kier molecular flexibility index (Phi) is 5.01. The highest BCUT2D eigenvalue weighted by molar-refractivity contribution is 7.89. The third-order valence-electron chi connectivity index (χ3n) is 3.64. The van der Waals surface area contributed by atoms with Gasteiger partial charge in [-0.1, -0.05) is 30.3 Å². The summed E-state index contributed by atoms with van der Waals surface area (Å²) in [5.41, 5.74) is 9.81. The fourth-order valence-corrected chi connectivity index (χ4v) is 2.80. The molecule has 3 rings (SSSR count). The van der Waals surface area contributed by atoms with Crippen molar-refractivity contribution in [3.63, 3.8) is 0 Å². The van der Waals surface area contributed by atoms with Crippen LogP contribution in [-0.4, -0.2) is 30.3 Å². The molecular formula is C17H16N6O3S. The summed E-state index contributed by atoms with van der Waals surface area (Å²) in [6, 6.07) is 14.9. The van der Waals surface area contributed by atoms with Gasteiger partial charge in [0.25, 0.3) is 5.91 Å². The molecule has 1 heterocycles. The SMILES string of the molecule is Nc1c(C(=O)N/N=C/c2ccccc2)cnn1-c1ccc(S(N)(=O)=O)cc1. The minimum atomic E-state index is -3.79. The summed E-state index contributed by atoms with van der Waals surface area (Å²) in [4.78, 5) is 12.2. The second-order valence-electron chi connectivity index (χ2n) is 5.50. The lowest BCUT2D eigenvalue weighted by Crippen LogP contribution is -2.19. The lowest BCUT2D eigenvalue weighted by atomic mass is 10.2. The van der Waals surface area contributed by atoms with Crippen LogP contribution in [0.2, 0.25) is 0 Å². The van der Waals surface area contributed by atoms with Gasteiger partial charge in [0.15, 0.2) is 0 Å². The van der Waals surface area contributed by atoms with Crippen molar-refractivity contribution in [1.82, 2.24) is 15.2 Å². The summed E-state index contributed by atoms with van der Waals surface area (Å²) in [5, 5.41) is 13.0. The summed E-state index contributed by atoms with van der Waals surface area (Å²) in [6.07, 6.45) is 2.81. The second-order valence-corrected chi connectivity index (χ2v) is 7.07. The van der Waals surface area contributed by atoms with E-state index in [1.807, 2.05) is 30.3 Å². The van der Waals surface area contributed by atoms with E-state index < -0.39 is 15.9 Å². The van der Waals surface area contributed by atoms with Crippen molar-refractivity contribution in [3.05, 3.63) is 71.9 Å². The average Bonchev–Trinajstić information content (AvgIpc) is 3.03. The number of benzene rings is 2. The number of rotatable bonds is 5. The maximum atomic E-state index is 12.2. The lowest BCUT2D eigenvalue weighted by Gasteiger charge is -2.06. The number of hydrogen-bond acceptors (Lipinski definition) is 6. The summed E-state index contributed by atoms with van der Waals surface area (Å²) in [7, 11) is -3.79. The number of sulfonamides is 1. The Morgan fingerprint density at radius 1 is 1.11 bits per heavy atom. The largest absolute Gasteiger partial charge is 0.383 e. The van der Waals surface area contributed by atoms with Gasteiger partial charge in [-0.15, -0.1) is 0 Å². The Hall–Kier alpha value is -3.50. The molecule has 0 bridgehead atoms. The van der Waals surface area contributed by atoms with E-state index in [0.29, 0.717) is 5.69 Å². The first-order chi connectivity index (χ1) is 12.9. The fraction of sp³-hybridized carbons (Fsp3) is 0. The molecule has 3 aromatic rings. The quantitative estimate of drug-likeness (QED) is 0.441. The van der Waals surface area contributed by atoms with Crippen LogP contribution in [0.5, 0.6) is 0 Å². The molecular weight excluding hydrogens is 368 g/mol. The number of carbonyl (C=O) groups is 1. The van der Waals surface area contributed by atoms with Crippen molar-refractivity contribution in [2.75, 3.05) is 5.73 Å². The number of hydrogen-bond donors (Lipinski definition) is 3. The van der Waals surface area contributed by atoms with Crippen LogP contribution >= 0.6 is 0 Å². The number of carbonyl (C=O) groups excluding carboxylic acids is 1. The Balaban J connectivity index is 1.76. The highest BCUT2D eigenvalue weighted by Crippen LogP contribution is 2.18. The van der Waals surface area contributed by atoms with Crippen LogP contribution in [-0.2, 0) is 10.0 Å². The first-order valence-corrected chi connectivity index (χ1v) is 9.26. The number of anilines is 1. The van der Waals surface area contributed by atoms with Crippen LogP contribution in [0.25, 0.3) is 5.69 Å². The van der Waals surface area contributed by atoms with Crippen LogP contribution in [0.3, 0.4) is 0 Å².